The molecule has 108 valence electrons. The Labute approximate surface area is 118 Å². The molecule has 1 heterocycles. The molecular weight excluding hydrogens is 258 g/mol. The lowest BCUT2D eigenvalue weighted by molar-refractivity contribution is 0.0584. The Kier molecular flexibility index (Phi) is 3.70. The molecule has 0 radical (unpaired) electrons. The fourth-order valence-electron chi connectivity index (χ4n) is 2.29. The SMILES string of the molecule is COc1ccc2c(c1C=O)N(C(=O)OC(C)(C)C)CC2. The average molecular weight is 277 g/mol. The van der Waals surface area contributed by atoms with Gasteiger partial charge in [0, 0.05) is 6.54 Å². The maximum absolute atomic E-state index is 12.2. The molecule has 5 heteroatoms. The topological polar surface area (TPSA) is 55.8 Å². The summed E-state index contributed by atoms with van der Waals surface area (Å²) in [6, 6.07) is 3.63. The van der Waals surface area contributed by atoms with Crippen molar-refractivity contribution in [2.24, 2.45) is 0 Å². The zero-order chi connectivity index (χ0) is 14.9. The zero-order valence-electron chi connectivity index (χ0n) is 12.2. The third-order valence-electron chi connectivity index (χ3n) is 3.09. The van der Waals surface area contributed by atoms with Crippen molar-refractivity contribution in [3.05, 3.63) is 23.3 Å². The largest absolute Gasteiger partial charge is 0.496 e. The number of carbonyl (C=O) groups is 2. The van der Waals surface area contributed by atoms with Gasteiger partial charge in [-0.05, 0) is 38.8 Å². The Morgan fingerprint density at radius 3 is 2.60 bits per heavy atom. The quantitative estimate of drug-likeness (QED) is 0.780. The van der Waals surface area contributed by atoms with Gasteiger partial charge in [0.25, 0.3) is 0 Å². The van der Waals surface area contributed by atoms with E-state index in [9.17, 15) is 9.59 Å². The summed E-state index contributed by atoms with van der Waals surface area (Å²) in [4.78, 5) is 25.1. The number of nitrogens with zero attached hydrogens (tertiary/aromatic N) is 1. The first-order chi connectivity index (χ1) is 9.37. The number of fused-ring (bicyclic) bond motifs is 1. The number of amides is 1. The van der Waals surface area contributed by atoms with Gasteiger partial charge in [0.1, 0.15) is 11.4 Å². The molecule has 20 heavy (non-hydrogen) atoms. The highest BCUT2D eigenvalue weighted by atomic mass is 16.6. The van der Waals surface area contributed by atoms with Crippen LogP contribution in [0.15, 0.2) is 12.1 Å². The van der Waals surface area contributed by atoms with E-state index in [1.165, 1.54) is 12.0 Å². The van der Waals surface area contributed by atoms with Crippen LogP contribution in [0.25, 0.3) is 0 Å². The number of ether oxygens (including phenoxy) is 2. The van der Waals surface area contributed by atoms with Gasteiger partial charge in [-0.25, -0.2) is 4.79 Å². The Morgan fingerprint density at radius 2 is 2.05 bits per heavy atom. The van der Waals surface area contributed by atoms with Crippen molar-refractivity contribution >= 4 is 18.1 Å². The number of hydrogen-bond acceptors (Lipinski definition) is 4. The molecule has 0 bridgehead atoms. The van der Waals surface area contributed by atoms with E-state index >= 15 is 0 Å². The molecule has 2 rings (SSSR count). The maximum atomic E-state index is 12.2. The Balaban J connectivity index is 2.41. The van der Waals surface area contributed by atoms with Gasteiger partial charge in [0.15, 0.2) is 6.29 Å². The standard InChI is InChI=1S/C15H19NO4/c1-15(2,3)20-14(18)16-8-7-10-5-6-12(19-4)11(9-17)13(10)16/h5-6,9H,7-8H2,1-4H3. The molecule has 0 unspecified atom stereocenters. The lowest BCUT2D eigenvalue weighted by atomic mass is 10.1. The van der Waals surface area contributed by atoms with Gasteiger partial charge < -0.3 is 9.47 Å². The van der Waals surface area contributed by atoms with E-state index in [0.717, 1.165) is 11.8 Å². The number of hydrogen-bond donors (Lipinski definition) is 0. The normalized spacial score (nSPS) is 13.9. The molecular formula is C15H19NO4. The molecule has 0 spiro atoms. The van der Waals surface area contributed by atoms with Crippen LogP contribution in [0, 0.1) is 0 Å². The lowest BCUT2D eigenvalue weighted by Gasteiger charge is -2.25. The van der Waals surface area contributed by atoms with Gasteiger partial charge in [0.2, 0.25) is 0 Å². The fraction of sp³-hybridized carbons (Fsp3) is 0.467. The van der Waals surface area contributed by atoms with E-state index in [1.54, 1.807) is 6.07 Å². The molecule has 0 saturated heterocycles. The molecule has 0 saturated carbocycles. The molecule has 1 aliphatic rings. The number of methoxy groups -OCH3 is 1. The summed E-state index contributed by atoms with van der Waals surface area (Å²) < 4.78 is 10.6. The lowest BCUT2D eigenvalue weighted by Crippen LogP contribution is -2.36. The van der Waals surface area contributed by atoms with Crippen LogP contribution in [0.5, 0.6) is 5.75 Å². The van der Waals surface area contributed by atoms with Crippen LogP contribution >= 0.6 is 0 Å². The van der Waals surface area contributed by atoms with E-state index < -0.39 is 11.7 Å². The molecule has 1 aromatic rings. The second-order valence-corrected chi connectivity index (χ2v) is 5.69. The van der Waals surface area contributed by atoms with Gasteiger partial charge >= 0.3 is 6.09 Å². The van der Waals surface area contributed by atoms with E-state index in [-0.39, 0.29) is 0 Å². The summed E-state index contributed by atoms with van der Waals surface area (Å²) in [6.07, 6.45) is 0.993. The molecule has 0 aromatic heterocycles. The number of anilines is 1. The third-order valence-corrected chi connectivity index (χ3v) is 3.09. The first-order valence-electron chi connectivity index (χ1n) is 6.53. The van der Waals surface area contributed by atoms with Gasteiger partial charge in [-0.2, -0.15) is 0 Å². The van der Waals surface area contributed by atoms with Crippen LogP contribution in [0.4, 0.5) is 10.5 Å². The van der Waals surface area contributed by atoms with E-state index in [2.05, 4.69) is 0 Å². The minimum atomic E-state index is -0.569. The highest BCUT2D eigenvalue weighted by molar-refractivity contribution is 5.99. The molecule has 1 aromatic carbocycles. The predicted octanol–water partition coefficient (Wildman–Crippen LogP) is 2.81. The van der Waals surface area contributed by atoms with Crippen LogP contribution in [0.2, 0.25) is 0 Å². The fourth-order valence-corrected chi connectivity index (χ4v) is 2.29. The van der Waals surface area contributed by atoms with Crippen molar-refractivity contribution in [3.8, 4) is 5.75 Å². The summed E-state index contributed by atoms with van der Waals surface area (Å²) in [5.41, 5.74) is 1.39. The molecule has 1 aliphatic heterocycles. The van der Waals surface area contributed by atoms with Crippen molar-refractivity contribution in [1.29, 1.82) is 0 Å². The van der Waals surface area contributed by atoms with Gasteiger partial charge in [0.05, 0.1) is 18.4 Å². The molecule has 0 N–H and O–H groups in total. The summed E-state index contributed by atoms with van der Waals surface area (Å²) in [7, 11) is 1.50. The van der Waals surface area contributed by atoms with Crippen molar-refractivity contribution in [2.45, 2.75) is 32.8 Å². The Bertz CT molecular complexity index is 546. The van der Waals surface area contributed by atoms with Crippen LogP contribution < -0.4 is 9.64 Å². The Morgan fingerprint density at radius 1 is 1.35 bits per heavy atom. The first-order valence-corrected chi connectivity index (χ1v) is 6.53. The second-order valence-electron chi connectivity index (χ2n) is 5.69. The minimum Gasteiger partial charge on any atom is -0.496 e. The first kappa shape index (κ1) is 14.4. The van der Waals surface area contributed by atoms with Crippen molar-refractivity contribution in [2.75, 3.05) is 18.6 Å². The molecule has 0 aliphatic carbocycles. The monoisotopic (exact) mass is 277 g/mol. The van der Waals surface area contributed by atoms with Crippen LogP contribution in [-0.4, -0.2) is 31.6 Å². The van der Waals surface area contributed by atoms with Gasteiger partial charge in [-0.1, -0.05) is 6.07 Å². The smallest absolute Gasteiger partial charge is 0.414 e. The van der Waals surface area contributed by atoms with Crippen LogP contribution in [0.1, 0.15) is 36.7 Å². The minimum absolute atomic E-state index is 0.397. The molecule has 0 atom stereocenters. The molecule has 1 amide bonds. The molecule has 0 fully saturated rings. The van der Waals surface area contributed by atoms with Gasteiger partial charge in [-0.3, -0.25) is 9.69 Å². The van der Waals surface area contributed by atoms with E-state index in [4.69, 9.17) is 9.47 Å². The van der Waals surface area contributed by atoms with Crippen molar-refractivity contribution in [3.63, 3.8) is 0 Å². The van der Waals surface area contributed by atoms with Gasteiger partial charge in [-0.15, -0.1) is 0 Å². The average Bonchev–Trinajstić information content (AvgIpc) is 2.79. The van der Waals surface area contributed by atoms with Crippen LogP contribution in [-0.2, 0) is 11.2 Å². The van der Waals surface area contributed by atoms with Crippen LogP contribution in [0.3, 0.4) is 0 Å². The Hall–Kier alpha value is -2.04. The molecule has 5 nitrogen and oxygen atoms in total. The highest BCUT2D eigenvalue weighted by Gasteiger charge is 2.32. The summed E-state index contributed by atoms with van der Waals surface area (Å²) in [5.74, 6) is 0.467. The number of benzene rings is 1. The number of aldehydes is 1. The summed E-state index contributed by atoms with van der Waals surface area (Å²) >= 11 is 0. The van der Waals surface area contributed by atoms with E-state index in [1.807, 2.05) is 26.8 Å². The highest BCUT2D eigenvalue weighted by Crippen LogP contribution is 2.37. The third kappa shape index (κ3) is 2.61. The number of carbonyl (C=O) groups excluding carboxylic acids is 2. The zero-order valence-corrected chi connectivity index (χ0v) is 12.2. The predicted molar refractivity (Wildman–Crippen MR) is 75.7 cm³/mol. The number of rotatable bonds is 2. The maximum Gasteiger partial charge on any atom is 0.414 e. The van der Waals surface area contributed by atoms with Crippen molar-refractivity contribution < 1.29 is 19.1 Å². The van der Waals surface area contributed by atoms with E-state index in [0.29, 0.717) is 30.0 Å². The second kappa shape index (κ2) is 5.15. The van der Waals surface area contributed by atoms with Crippen molar-refractivity contribution in [1.82, 2.24) is 0 Å². The summed E-state index contributed by atoms with van der Waals surface area (Å²) in [6.45, 7) is 5.95. The summed E-state index contributed by atoms with van der Waals surface area (Å²) in [5, 5.41) is 0.